The van der Waals surface area contributed by atoms with E-state index in [2.05, 4.69) is 10.3 Å². The number of aliphatic hydroxyl groups is 1. The quantitative estimate of drug-likeness (QED) is 0.899. The van der Waals surface area contributed by atoms with E-state index < -0.39 is 5.60 Å². The standard InChI is InChI=1S/C20H25N3O2/c1-15(2)22-18-9-8-16(14-21-18)19(24)23-12-10-20(25,11-13-23)17-6-4-3-5-7-17/h3-9,14-15,25H,10-13H2,1-2H3,(H,21,22). The summed E-state index contributed by atoms with van der Waals surface area (Å²) in [4.78, 5) is 18.8. The van der Waals surface area contributed by atoms with Crippen molar-refractivity contribution in [3.8, 4) is 0 Å². The van der Waals surface area contributed by atoms with Gasteiger partial charge in [-0.05, 0) is 44.4 Å². The van der Waals surface area contributed by atoms with E-state index in [4.69, 9.17) is 0 Å². The van der Waals surface area contributed by atoms with Crippen LogP contribution >= 0.6 is 0 Å². The third-order valence-corrected chi connectivity index (χ3v) is 4.64. The van der Waals surface area contributed by atoms with Crippen molar-refractivity contribution < 1.29 is 9.90 Å². The Balaban J connectivity index is 1.63. The summed E-state index contributed by atoms with van der Waals surface area (Å²) in [5.74, 6) is 0.738. The highest BCUT2D eigenvalue weighted by molar-refractivity contribution is 5.94. The van der Waals surface area contributed by atoms with E-state index in [9.17, 15) is 9.90 Å². The minimum absolute atomic E-state index is 0.0290. The summed E-state index contributed by atoms with van der Waals surface area (Å²) in [6, 6.07) is 13.6. The lowest BCUT2D eigenvalue weighted by Gasteiger charge is -2.38. The summed E-state index contributed by atoms with van der Waals surface area (Å²) in [5.41, 5.74) is 0.661. The minimum Gasteiger partial charge on any atom is -0.385 e. The summed E-state index contributed by atoms with van der Waals surface area (Å²) < 4.78 is 0. The number of hydrogen-bond donors (Lipinski definition) is 2. The fourth-order valence-electron chi connectivity index (χ4n) is 3.20. The maximum absolute atomic E-state index is 12.7. The predicted molar refractivity (Wildman–Crippen MR) is 98.5 cm³/mol. The van der Waals surface area contributed by atoms with Gasteiger partial charge in [-0.2, -0.15) is 0 Å². The zero-order chi connectivity index (χ0) is 17.9. The van der Waals surface area contributed by atoms with E-state index in [1.807, 2.05) is 50.2 Å². The molecule has 0 unspecified atom stereocenters. The van der Waals surface area contributed by atoms with Gasteiger partial charge in [-0.3, -0.25) is 4.79 Å². The Labute approximate surface area is 148 Å². The molecule has 0 aliphatic carbocycles. The highest BCUT2D eigenvalue weighted by Gasteiger charge is 2.35. The third-order valence-electron chi connectivity index (χ3n) is 4.64. The Hall–Kier alpha value is -2.40. The Bertz CT molecular complexity index is 705. The fourth-order valence-corrected chi connectivity index (χ4v) is 3.20. The number of anilines is 1. The number of carbonyl (C=O) groups excluding carboxylic acids is 1. The van der Waals surface area contributed by atoms with Crippen LogP contribution in [0.3, 0.4) is 0 Å². The smallest absolute Gasteiger partial charge is 0.255 e. The fraction of sp³-hybridized carbons (Fsp3) is 0.400. The number of likely N-dealkylation sites (tertiary alicyclic amines) is 1. The number of aromatic nitrogens is 1. The zero-order valence-corrected chi connectivity index (χ0v) is 14.8. The SMILES string of the molecule is CC(C)Nc1ccc(C(=O)N2CCC(O)(c3ccccc3)CC2)cn1. The summed E-state index contributed by atoms with van der Waals surface area (Å²) in [6.45, 7) is 5.16. The van der Waals surface area contributed by atoms with Crippen molar-refractivity contribution in [3.63, 3.8) is 0 Å². The lowest BCUT2D eigenvalue weighted by Crippen LogP contribution is -2.45. The molecule has 1 aliphatic rings. The van der Waals surface area contributed by atoms with E-state index in [0.717, 1.165) is 11.4 Å². The predicted octanol–water partition coefficient (Wildman–Crippen LogP) is 3.03. The molecule has 1 aliphatic heterocycles. The highest BCUT2D eigenvalue weighted by Crippen LogP contribution is 2.33. The maximum Gasteiger partial charge on any atom is 0.255 e. The number of pyridine rings is 1. The van der Waals surface area contributed by atoms with Crippen LogP contribution in [0.5, 0.6) is 0 Å². The average molecular weight is 339 g/mol. The first-order valence-corrected chi connectivity index (χ1v) is 8.78. The molecular weight excluding hydrogens is 314 g/mol. The molecule has 1 amide bonds. The molecule has 0 radical (unpaired) electrons. The molecule has 1 aromatic carbocycles. The van der Waals surface area contributed by atoms with Gasteiger partial charge in [-0.1, -0.05) is 30.3 Å². The molecule has 3 rings (SSSR count). The average Bonchev–Trinajstić information content (AvgIpc) is 2.63. The molecular formula is C20H25N3O2. The van der Waals surface area contributed by atoms with Crippen LogP contribution in [-0.4, -0.2) is 40.0 Å². The van der Waals surface area contributed by atoms with Crippen molar-refractivity contribution in [3.05, 3.63) is 59.8 Å². The molecule has 2 N–H and O–H groups in total. The van der Waals surface area contributed by atoms with E-state index in [1.165, 1.54) is 0 Å². The molecule has 132 valence electrons. The monoisotopic (exact) mass is 339 g/mol. The number of carbonyl (C=O) groups is 1. The molecule has 1 aromatic heterocycles. The van der Waals surface area contributed by atoms with Crippen molar-refractivity contribution >= 4 is 11.7 Å². The van der Waals surface area contributed by atoms with Crippen LogP contribution in [0.2, 0.25) is 0 Å². The van der Waals surface area contributed by atoms with Crippen molar-refractivity contribution in [1.29, 1.82) is 0 Å². The third kappa shape index (κ3) is 3.99. The van der Waals surface area contributed by atoms with Gasteiger partial charge in [0.25, 0.3) is 5.91 Å². The number of nitrogens with one attached hydrogen (secondary N) is 1. The molecule has 2 aromatic rings. The Morgan fingerprint density at radius 3 is 2.40 bits per heavy atom. The Morgan fingerprint density at radius 1 is 1.16 bits per heavy atom. The largest absolute Gasteiger partial charge is 0.385 e. The van der Waals surface area contributed by atoms with Gasteiger partial charge in [-0.15, -0.1) is 0 Å². The molecule has 25 heavy (non-hydrogen) atoms. The van der Waals surface area contributed by atoms with E-state index in [1.54, 1.807) is 17.2 Å². The first kappa shape index (κ1) is 17.4. The van der Waals surface area contributed by atoms with Crippen LogP contribution in [0.1, 0.15) is 42.6 Å². The van der Waals surface area contributed by atoms with Gasteiger partial charge in [0.05, 0.1) is 11.2 Å². The molecule has 0 bridgehead atoms. The number of amides is 1. The highest BCUT2D eigenvalue weighted by atomic mass is 16.3. The van der Waals surface area contributed by atoms with Gasteiger partial charge in [-0.25, -0.2) is 4.98 Å². The van der Waals surface area contributed by atoms with Crippen molar-refractivity contribution in [1.82, 2.24) is 9.88 Å². The first-order valence-electron chi connectivity index (χ1n) is 8.78. The molecule has 0 saturated carbocycles. The van der Waals surface area contributed by atoms with Crippen molar-refractivity contribution in [2.24, 2.45) is 0 Å². The van der Waals surface area contributed by atoms with E-state index in [0.29, 0.717) is 37.5 Å². The normalized spacial score (nSPS) is 16.7. The Morgan fingerprint density at radius 2 is 1.84 bits per heavy atom. The van der Waals surface area contributed by atoms with Gasteiger partial charge in [0.2, 0.25) is 0 Å². The molecule has 1 fully saturated rings. The lowest BCUT2D eigenvalue weighted by atomic mass is 9.84. The second-order valence-corrected chi connectivity index (χ2v) is 6.92. The van der Waals surface area contributed by atoms with Crippen molar-refractivity contribution in [2.45, 2.75) is 38.3 Å². The summed E-state index contributed by atoms with van der Waals surface area (Å²) in [5, 5.41) is 14.1. The van der Waals surface area contributed by atoms with Crippen LogP contribution in [0.4, 0.5) is 5.82 Å². The summed E-state index contributed by atoms with van der Waals surface area (Å²) in [6.07, 6.45) is 2.71. The van der Waals surface area contributed by atoms with E-state index in [-0.39, 0.29) is 5.91 Å². The zero-order valence-electron chi connectivity index (χ0n) is 14.8. The van der Waals surface area contributed by atoms with Gasteiger partial charge in [0, 0.05) is 25.3 Å². The summed E-state index contributed by atoms with van der Waals surface area (Å²) >= 11 is 0. The first-order chi connectivity index (χ1) is 12.0. The molecule has 0 spiro atoms. The summed E-state index contributed by atoms with van der Waals surface area (Å²) in [7, 11) is 0. The number of nitrogens with zero attached hydrogens (tertiary/aromatic N) is 2. The van der Waals surface area contributed by atoms with E-state index >= 15 is 0 Å². The molecule has 1 saturated heterocycles. The van der Waals surface area contributed by atoms with Gasteiger partial charge in [0.15, 0.2) is 0 Å². The van der Waals surface area contributed by atoms with Gasteiger partial charge >= 0.3 is 0 Å². The lowest BCUT2D eigenvalue weighted by molar-refractivity contribution is -0.0211. The maximum atomic E-state index is 12.7. The molecule has 0 atom stereocenters. The van der Waals surface area contributed by atoms with Crippen LogP contribution in [-0.2, 0) is 5.60 Å². The van der Waals surface area contributed by atoms with Gasteiger partial charge in [0.1, 0.15) is 5.82 Å². The van der Waals surface area contributed by atoms with Gasteiger partial charge < -0.3 is 15.3 Å². The second kappa shape index (κ2) is 7.23. The molecule has 5 heteroatoms. The number of rotatable bonds is 4. The topological polar surface area (TPSA) is 65.5 Å². The van der Waals surface area contributed by atoms with Crippen LogP contribution in [0, 0.1) is 0 Å². The second-order valence-electron chi connectivity index (χ2n) is 6.92. The number of benzene rings is 1. The molecule has 5 nitrogen and oxygen atoms in total. The van der Waals surface area contributed by atoms with Crippen LogP contribution in [0.25, 0.3) is 0 Å². The minimum atomic E-state index is -0.846. The molecule has 2 heterocycles. The Kier molecular flexibility index (Phi) is 5.04. The number of hydrogen-bond acceptors (Lipinski definition) is 4. The van der Waals surface area contributed by atoms with Crippen LogP contribution in [0.15, 0.2) is 48.7 Å². The van der Waals surface area contributed by atoms with Crippen molar-refractivity contribution in [2.75, 3.05) is 18.4 Å². The number of piperidine rings is 1. The van der Waals surface area contributed by atoms with Crippen LogP contribution < -0.4 is 5.32 Å².